The van der Waals surface area contributed by atoms with E-state index in [1.54, 1.807) is 32.2 Å². The number of aliphatic hydroxyl groups excluding tert-OH is 1. The number of nitrogen functional groups attached to an aromatic ring is 1. The number of nitrogens with zero attached hydrogens (tertiary/aromatic N) is 1. The predicted molar refractivity (Wildman–Crippen MR) is 79.8 cm³/mol. The number of hydrogen-bond acceptors (Lipinski definition) is 5. The van der Waals surface area contributed by atoms with Gasteiger partial charge in [0.2, 0.25) is 5.91 Å². The number of aliphatic hydroxyl groups is 1. The van der Waals surface area contributed by atoms with Crippen molar-refractivity contribution in [2.75, 3.05) is 38.3 Å². The van der Waals surface area contributed by atoms with E-state index in [2.05, 4.69) is 5.32 Å². The normalized spacial score (nSPS) is 12.2. The first-order valence-corrected chi connectivity index (χ1v) is 6.52. The fourth-order valence-electron chi connectivity index (χ4n) is 1.83. The van der Waals surface area contributed by atoms with Crippen LogP contribution in [0.2, 0.25) is 0 Å². The molecule has 0 saturated carbocycles. The molecule has 0 aromatic heterocycles. The molecule has 6 heteroatoms. The Morgan fingerprint density at radius 2 is 2.25 bits per heavy atom. The monoisotopic (exact) mass is 281 g/mol. The summed E-state index contributed by atoms with van der Waals surface area (Å²) >= 11 is 0. The zero-order valence-electron chi connectivity index (χ0n) is 12.2. The zero-order valence-corrected chi connectivity index (χ0v) is 12.2. The molecule has 0 radical (unpaired) electrons. The van der Waals surface area contributed by atoms with E-state index >= 15 is 0 Å². The Balaban J connectivity index is 2.46. The van der Waals surface area contributed by atoms with Gasteiger partial charge in [0.1, 0.15) is 5.75 Å². The maximum absolute atomic E-state index is 11.8. The highest BCUT2D eigenvalue weighted by Gasteiger charge is 2.09. The molecule has 1 amide bonds. The van der Waals surface area contributed by atoms with Crippen molar-refractivity contribution in [1.82, 2.24) is 4.90 Å². The van der Waals surface area contributed by atoms with E-state index in [-0.39, 0.29) is 5.91 Å². The maximum Gasteiger partial charge on any atom is 0.225 e. The van der Waals surface area contributed by atoms with Crippen LogP contribution in [0.3, 0.4) is 0 Å². The first-order chi connectivity index (χ1) is 9.42. The SMILES string of the molecule is COc1ccc(NC(=O)CCN(C)CC(C)O)c(N)c1. The molecule has 20 heavy (non-hydrogen) atoms. The summed E-state index contributed by atoms with van der Waals surface area (Å²) in [5, 5.41) is 12.0. The van der Waals surface area contributed by atoms with Gasteiger partial charge in [0.15, 0.2) is 0 Å². The van der Waals surface area contributed by atoms with E-state index in [1.165, 1.54) is 0 Å². The van der Waals surface area contributed by atoms with E-state index in [0.29, 0.717) is 36.6 Å². The second-order valence-corrected chi connectivity index (χ2v) is 4.86. The van der Waals surface area contributed by atoms with Crippen LogP contribution in [0.5, 0.6) is 5.75 Å². The van der Waals surface area contributed by atoms with Crippen molar-refractivity contribution in [1.29, 1.82) is 0 Å². The van der Waals surface area contributed by atoms with Crippen LogP contribution in [0.4, 0.5) is 11.4 Å². The number of rotatable bonds is 7. The lowest BCUT2D eigenvalue weighted by molar-refractivity contribution is -0.116. The van der Waals surface area contributed by atoms with Gasteiger partial charge in [0.05, 0.1) is 24.6 Å². The fourth-order valence-corrected chi connectivity index (χ4v) is 1.83. The third-order valence-corrected chi connectivity index (χ3v) is 2.83. The van der Waals surface area contributed by atoms with Crippen LogP contribution in [0.25, 0.3) is 0 Å². The van der Waals surface area contributed by atoms with Crippen LogP contribution < -0.4 is 15.8 Å². The first-order valence-electron chi connectivity index (χ1n) is 6.52. The Kier molecular flexibility index (Phi) is 6.27. The molecular weight excluding hydrogens is 258 g/mol. The minimum atomic E-state index is -0.403. The van der Waals surface area contributed by atoms with Gasteiger partial charge in [-0.15, -0.1) is 0 Å². The second kappa shape index (κ2) is 7.72. The first kappa shape index (κ1) is 16.3. The minimum absolute atomic E-state index is 0.112. The molecule has 1 atom stereocenters. The Hall–Kier alpha value is -1.79. The van der Waals surface area contributed by atoms with Crippen molar-refractivity contribution in [3.8, 4) is 5.75 Å². The third kappa shape index (κ3) is 5.46. The number of nitrogens with one attached hydrogen (secondary N) is 1. The number of nitrogens with two attached hydrogens (primary N) is 1. The summed E-state index contributed by atoms with van der Waals surface area (Å²) < 4.78 is 5.05. The number of methoxy groups -OCH3 is 1. The topological polar surface area (TPSA) is 87.8 Å². The van der Waals surface area contributed by atoms with E-state index in [1.807, 2.05) is 11.9 Å². The van der Waals surface area contributed by atoms with Gasteiger partial charge in [-0.05, 0) is 26.1 Å². The third-order valence-electron chi connectivity index (χ3n) is 2.83. The molecule has 0 saturated heterocycles. The summed E-state index contributed by atoms with van der Waals surface area (Å²) in [7, 11) is 3.42. The van der Waals surface area contributed by atoms with Crippen molar-refractivity contribution in [2.45, 2.75) is 19.4 Å². The predicted octanol–water partition coefficient (Wildman–Crippen LogP) is 0.919. The Labute approximate surface area is 119 Å². The summed E-state index contributed by atoms with van der Waals surface area (Å²) in [4.78, 5) is 13.7. The number of anilines is 2. The summed E-state index contributed by atoms with van der Waals surface area (Å²) in [6.07, 6.45) is -0.0606. The number of carbonyl (C=O) groups is 1. The van der Waals surface area contributed by atoms with Crippen LogP contribution in [-0.2, 0) is 4.79 Å². The minimum Gasteiger partial charge on any atom is -0.497 e. The molecule has 0 bridgehead atoms. The van der Waals surface area contributed by atoms with Gasteiger partial charge < -0.3 is 25.8 Å². The Bertz CT molecular complexity index is 449. The molecule has 0 aliphatic heterocycles. The van der Waals surface area contributed by atoms with Gasteiger partial charge in [-0.25, -0.2) is 0 Å². The number of amides is 1. The molecule has 1 unspecified atom stereocenters. The maximum atomic E-state index is 11.8. The lowest BCUT2D eigenvalue weighted by Gasteiger charge is -2.18. The summed E-state index contributed by atoms with van der Waals surface area (Å²) in [5.74, 6) is 0.538. The van der Waals surface area contributed by atoms with Crippen molar-refractivity contribution in [2.24, 2.45) is 0 Å². The van der Waals surface area contributed by atoms with Gasteiger partial charge in [0, 0.05) is 25.6 Å². The zero-order chi connectivity index (χ0) is 15.1. The highest BCUT2D eigenvalue weighted by atomic mass is 16.5. The molecule has 1 aromatic carbocycles. The Morgan fingerprint density at radius 3 is 2.80 bits per heavy atom. The molecule has 112 valence electrons. The van der Waals surface area contributed by atoms with E-state index in [9.17, 15) is 9.90 Å². The van der Waals surface area contributed by atoms with Gasteiger partial charge in [0.25, 0.3) is 0 Å². The van der Waals surface area contributed by atoms with Gasteiger partial charge in [-0.3, -0.25) is 4.79 Å². The van der Waals surface area contributed by atoms with Crippen LogP contribution in [-0.4, -0.2) is 49.3 Å². The smallest absolute Gasteiger partial charge is 0.225 e. The largest absolute Gasteiger partial charge is 0.497 e. The van der Waals surface area contributed by atoms with Crippen LogP contribution in [0, 0.1) is 0 Å². The highest BCUT2D eigenvalue weighted by molar-refractivity contribution is 5.94. The van der Waals surface area contributed by atoms with Gasteiger partial charge in [-0.2, -0.15) is 0 Å². The summed E-state index contributed by atoms with van der Waals surface area (Å²) in [5.41, 5.74) is 6.87. The lowest BCUT2D eigenvalue weighted by atomic mass is 10.2. The van der Waals surface area contributed by atoms with Crippen LogP contribution >= 0.6 is 0 Å². The lowest BCUT2D eigenvalue weighted by Crippen LogP contribution is -2.30. The van der Waals surface area contributed by atoms with Crippen molar-refractivity contribution >= 4 is 17.3 Å². The number of benzene rings is 1. The molecule has 0 spiro atoms. The van der Waals surface area contributed by atoms with E-state index < -0.39 is 6.10 Å². The fraction of sp³-hybridized carbons (Fsp3) is 0.500. The quantitative estimate of drug-likeness (QED) is 0.647. The number of ether oxygens (including phenoxy) is 1. The molecule has 1 rings (SSSR count). The molecule has 0 aliphatic rings. The number of hydrogen-bond donors (Lipinski definition) is 3. The average molecular weight is 281 g/mol. The molecule has 0 heterocycles. The Morgan fingerprint density at radius 1 is 1.55 bits per heavy atom. The average Bonchev–Trinajstić information content (AvgIpc) is 2.38. The standard InChI is InChI=1S/C14H23N3O3/c1-10(18)9-17(2)7-6-14(19)16-13-5-4-11(20-3)8-12(13)15/h4-5,8,10,18H,6-7,9,15H2,1-3H3,(H,16,19). The second-order valence-electron chi connectivity index (χ2n) is 4.86. The number of likely N-dealkylation sites (N-methyl/N-ethyl adjacent to an activating group) is 1. The molecule has 0 aliphatic carbocycles. The van der Waals surface area contributed by atoms with E-state index in [4.69, 9.17) is 10.5 Å². The van der Waals surface area contributed by atoms with Crippen molar-refractivity contribution < 1.29 is 14.6 Å². The van der Waals surface area contributed by atoms with Gasteiger partial charge >= 0.3 is 0 Å². The molecule has 4 N–H and O–H groups in total. The highest BCUT2D eigenvalue weighted by Crippen LogP contribution is 2.24. The molecular formula is C14H23N3O3. The van der Waals surface area contributed by atoms with E-state index in [0.717, 1.165) is 0 Å². The molecule has 0 fully saturated rings. The summed E-state index contributed by atoms with van der Waals surface area (Å²) in [6, 6.07) is 5.12. The van der Waals surface area contributed by atoms with Crippen LogP contribution in [0.15, 0.2) is 18.2 Å². The van der Waals surface area contributed by atoms with Gasteiger partial charge in [-0.1, -0.05) is 0 Å². The van der Waals surface area contributed by atoms with Crippen molar-refractivity contribution in [3.05, 3.63) is 18.2 Å². The molecule has 1 aromatic rings. The number of carbonyl (C=O) groups excluding carboxylic acids is 1. The summed E-state index contributed by atoms with van der Waals surface area (Å²) in [6.45, 7) is 2.83. The van der Waals surface area contributed by atoms with Crippen molar-refractivity contribution in [3.63, 3.8) is 0 Å². The molecule has 6 nitrogen and oxygen atoms in total. The van der Waals surface area contributed by atoms with Crippen LogP contribution in [0.1, 0.15) is 13.3 Å².